The summed E-state index contributed by atoms with van der Waals surface area (Å²) in [4.78, 5) is 43.5. The van der Waals surface area contributed by atoms with Crippen LogP contribution in [0.25, 0.3) is 0 Å². The molecule has 0 bridgehead atoms. The summed E-state index contributed by atoms with van der Waals surface area (Å²) in [5.74, 6) is -5.90. The van der Waals surface area contributed by atoms with E-state index in [1.165, 1.54) is 0 Å². The van der Waals surface area contributed by atoms with Crippen molar-refractivity contribution in [1.82, 2.24) is 0 Å². The summed E-state index contributed by atoms with van der Waals surface area (Å²) in [6.07, 6.45) is 17.1. The fourth-order valence-corrected chi connectivity index (χ4v) is 1.71. The van der Waals surface area contributed by atoms with Crippen LogP contribution in [0.1, 0.15) is 51.9 Å². The van der Waals surface area contributed by atoms with Crippen molar-refractivity contribution < 1.29 is 24.3 Å². The Morgan fingerprint density at radius 1 is 0.783 bits per heavy atom. The molecule has 23 heavy (non-hydrogen) atoms. The number of carbonyl (C=O) groups excluding carboxylic acids is 3. The molecular weight excluding hydrogens is 296 g/mol. The average molecular weight is 320 g/mol. The van der Waals surface area contributed by atoms with E-state index in [1.54, 1.807) is 0 Å². The van der Waals surface area contributed by atoms with Crippen molar-refractivity contribution >= 4 is 23.3 Å². The number of carboxylic acid groups (broad SMARTS) is 1. The SMILES string of the molecule is CC/C=C\C/C=C\C/C=C\CCCCC(=O)C(=O)C(=O)C(=O)O. The maximum atomic E-state index is 11.3. The van der Waals surface area contributed by atoms with Crippen LogP contribution in [0.15, 0.2) is 36.5 Å². The van der Waals surface area contributed by atoms with E-state index in [-0.39, 0.29) is 6.42 Å². The fraction of sp³-hybridized carbons (Fsp3) is 0.444. The highest BCUT2D eigenvalue weighted by Gasteiger charge is 2.27. The third-order valence-electron chi connectivity index (χ3n) is 2.96. The number of unbranched alkanes of at least 4 members (excludes halogenated alkanes) is 2. The summed E-state index contributed by atoms with van der Waals surface area (Å²) in [7, 11) is 0. The first kappa shape index (κ1) is 20.7. The first-order valence-electron chi connectivity index (χ1n) is 7.80. The quantitative estimate of drug-likeness (QED) is 0.244. The third-order valence-corrected chi connectivity index (χ3v) is 2.96. The number of ketones is 3. The third kappa shape index (κ3) is 11.0. The molecule has 0 rings (SSSR count). The van der Waals surface area contributed by atoms with E-state index in [0.717, 1.165) is 25.7 Å². The summed E-state index contributed by atoms with van der Waals surface area (Å²) >= 11 is 0. The summed E-state index contributed by atoms with van der Waals surface area (Å²) in [5.41, 5.74) is 0. The zero-order valence-corrected chi connectivity index (χ0v) is 13.5. The predicted molar refractivity (Wildman–Crippen MR) is 88.1 cm³/mol. The van der Waals surface area contributed by atoms with Gasteiger partial charge in [-0.1, -0.05) is 43.4 Å². The molecule has 5 heteroatoms. The zero-order chi connectivity index (χ0) is 17.5. The number of hydrogen-bond acceptors (Lipinski definition) is 4. The summed E-state index contributed by atoms with van der Waals surface area (Å²) in [5, 5.41) is 8.33. The zero-order valence-electron chi connectivity index (χ0n) is 13.5. The molecule has 0 aliphatic rings. The van der Waals surface area contributed by atoms with Crippen LogP contribution in [0.5, 0.6) is 0 Å². The van der Waals surface area contributed by atoms with Crippen molar-refractivity contribution in [3.63, 3.8) is 0 Å². The minimum atomic E-state index is -1.88. The van der Waals surface area contributed by atoms with Crippen LogP contribution in [0.3, 0.4) is 0 Å². The van der Waals surface area contributed by atoms with Crippen LogP contribution in [-0.4, -0.2) is 28.4 Å². The Kier molecular flexibility index (Phi) is 12.0. The number of hydrogen-bond donors (Lipinski definition) is 1. The Labute approximate surface area is 136 Å². The van der Waals surface area contributed by atoms with Gasteiger partial charge >= 0.3 is 11.8 Å². The van der Waals surface area contributed by atoms with Crippen LogP contribution >= 0.6 is 0 Å². The maximum Gasteiger partial charge on any atom is 0.380 e. The van der Waals surface area contributed by atoms with E-state index in [4.69, 9.17) is 5.11 Å². The average Bonchev–Trinajstić information content (AvgIpc) is 2.54. The molecular formula is C18H24O5. The van der Waals surface area contributed by atoms with Crippen molar-refractivity contribution in [1.29, 1.82) is 0 Å². The Morgan fingerprint density at radius 2 is 1.35 bits per heavy atom. The van der Waals surface area contributed by atoms with Gasteiger partial charge in [0.2, 0.25) is 5.78 Å². The number of rotatable bonds is 13. The van der Waals surface area contributed by atoms with E-state index in [1.807, 2.05) is 12.2 Å². The van der Waals surface area contributed by atoms with E-state index >= 15 is 0 Å². The van der Waals surface area contributed by atoms with E-state index < -0.39 is 23.3 Å². The van der Waals surface area contributed by atoms with Gasteiger partial charge in [0.25, 0.3) is 5.78 Å². The molecule has 0 aliphatic carbocycles. The minimum absolute atomic E-state index is 0.0879. The molecule has 0 fully saturated rings. The Morgan fingerprint density at radius 3 is 1.91 bits per heavy atom. The van der Waals surface area contributed by atoms with Gasteiger partial charge in [-0.25, -0.2) is 4.79 Å². The van der Waals surface area contributed by atoms with Gasteiger partial charge in [-0.3, -0.25) is 14.4 Å². The van der Waals surface area contributed by atoms with Crippen molar-refractivity contribution in [3.8, 4) is 0 Å². The number of allylic oxidation sites excluding steroid dienone is 6. The maximum absolute atomic E-state index is 11.3. The van der Waals surface area contributed by atoms with Crippen molar-refractivity contribution in [2.24, 2.45) is 0 Å². The lowest BCUT2D eigenvalue weighted by Crippen LogP contribution is -2.29. The van der Waals surface area contributed by atoms with Gasteiger partial charge in [-0.05, 0) is 38.5 Å². The molecule has 0 atom stereocenters. The number of carboxylic acids is 1. The second-order valence-corrected chi connectivity index (χ2v) is 4.93. The highest BCUT2D eigenvalue weighted by molar-refractivity contribution is 6.76. The van der Waals surface area contributed by atoms with Crippen LogP contribution in [0, 0.1) is 0 Å². The molecule has 0 radical (unpaired) electrons. The molecule has 0 saturated carbocycles. The van der Waals surface area contributed by atoms with Gasteiger partial charge < -0.3 is 5.11 Å². The predicted octanol–water partition coefficient (Wildman–Crippen LogP) is 3.20. The highest BCUT2D eigenvalue weighted by atomic mass is 16.4. The molecule has 0 aliphatic heterocycles. The second-order valence-electron chi connectivity index (χ2n) is 4.93. The van der Waals surface area contributed by atoms with Gasteiger partial charge in [0.05, 0.1) is 0 Å². The summed E-state index contributed by atoms with van der Waals surface area (Å²) in [6, 6.07) is 0. The monoisotopic (exact) mass is 320 g/mol. The smallest absolute Gasteiger partial charge is 0.380 e. The first-order valence-corrected chi connectivity index (χ1v) is 7.80. The van der Waals surface area contributed by atoms with Crippen LogP contribution in [-0.2, 0) is 19.2 Å². The van der Waals surface area contributed by atoms with Crippen LogP contribution < -0.4 is 0 Å². The largest absolute Gasteiger partial charge is 0.475 e. The lowest BCUT2D eigenvalue weighted by atomic mass is 10.1. The van der Waals surface area contributed by atoms with Gasteiger partial charge in [-0.15, -0.1) is 0 Å². The molecule has 0 unspecified atom stereocenters. The summed E-state index contributed by atoms with van der Waals surface area (Å²) < 4.78 is 0. The molecule has 0 aromatic carbocycles. The Bertz CT molecular complexity index is 498. The standard InChI is InChI=1S/C18H24O5/c1-2-3-4-5-6-7-8-9-10-11-12-13-14-15(19)16(20)17(21)18(22)23/h3-4,6-7,9-10H,2,5,8,11-14H2,1H3,(H,22,23)/b4-3-,7-6-,10-9-. The highest BCUT2D eigenvalue weighted by Crippen LogP contribution is 2.03. The molecule has 0 heterocycles. The lowest BCUT2D eigenvalue weighted by molar-refractivity contribution is -0.155. The van der Waals surface area contributed by atoms with E-state index in [9.17, 15) is 19.2 Å². The number of aliphatic carboxylic acids is 1. The van der Waals surface area contributed by atoms with Crippen molar-refractivity contribution in [2.45, 2.75) is 51.9 Å². The number of Topliss-reactive ketones (excluding diaryl/α,β-unsaturated/α-hetero) is 3. The Hall–Kier alpha value is -2.30. The van der Waals surface area contributed by atoms with E-state index in [2.05, 4.69) is 31.2 Å². The molecule has 0 spiro atoms. The van der Waals surface area contributed by atoms with E-state index in [0.29, 0.717) is 12.8 Å². The topological polar surface area (TPSA) is 88.5 Å². The van der Waals surface area contributed by atoms with Gasteiger partial charge in [-0.2, -0.15) is 0 Å². The Balaban J connectivity index is 3.73. The molecule has 0 saturated heterocycles. The molecule has 0 aromatic rings. The lowest BCUT2D eigenvalue weighted by Gasteiger charge is -1.97. The summed E-state index contributed by atoms with van der Waals surface area (Å²) in [6.45, 7) is 2.09. The normalized spacial score (nSPS) is 11.5. The molecule has 0 amide bonds. The molecule has 1 N–H and O–H groups in total. The second kappa shape index (κ2) is 13.4. The van der Waals surface area contributed by atoms with Gasteiger partial charge in [0, 0.05) is 6.42 Å². The molecule has 5 nitrogen and oxygen atoms in total. The molecule has 0 aromatic heterocycles. The van der Waals surface area contributed by atoms with Crippen LogP contribution in [0.4, 0.5) is 0 Å². The van der Waals surface area contributed by atoms with Crippen LogP contribution in [0.2, 0.25) is 0 Å². The van der Waals surface area contributed by atoms with Gasteiger partial charge in [0.1, 0.15) is 0 Å². The first-order chi connectivity index (χ1) is 11.0. The van der Waals surface area contributed by atoms with Crippen molar-refractivity contribution in [2.75, 3.05) is 0 Å². The number of carbonyl (C=O) groups is 4. The minimum Gasteiger partial charge on any atom is -0.475 e. The van der Waals surface area contributed by atoms with Gasteiger partial charge in [0.15, 0.2) is 0 Å². The fourth-order valence-electron chi connectivity index (χ4n) is 1.71. The molecule has 126 valence electrons. The van der Waals surface area contributed by atoms with Crippen molar-refractivity contribution in [3.05, 3.63) is 36.5 Å².